The van der Waals surface area contributed by atoms with Gasteiger partial charge >= 0.3 is 0 Å². The molecule has 3 heterocycles. The number of imidazole rings is 1. The van der Waals surface area contributed by atoms with Gasteiger partial charge in [0.1, 0.15) is 11.0 Å². The largest absolute Gasteiger partial charge is 0.336 e. The number of H-pyrrole nitrogens is 1. The highest BCUT2D eigenvalue weighted by Crippen LogP contribution is 2.28. The predicted molar refractivity (Wildman–Crippen MR) is 75.6 cm³/mol. The Balaban J connectivity index is 2.26. The summed E-state index contributed by atoms with van der Waals surface area (Å²) >= 11 is 11.8. The van der Waals surface area contributed by atoms with Crippen LogP contribution in [0.5, 0.6) is 0 Å². The summed E-state index contributed by atoms with van der Waals surface area (Å²) < 4.78 is 1.82. The van der Waals surface area contributed by atoms with E-state index in [9.17, 15) is 0 Å². The van der Waals surface area contributed by atoms with Crippen molar-refractivity contribution >= 4 is 34.4 Å². The molecule has 0 fully saturated rings. The third kappa shape index (κ3) is 1.89. The van der Waals surface area contributed by atoms with Crippen molar-refractivity contribution in [1.82, 2.24) is 24.7 Å². The van der Waals surface area contributed by atoms with E-state index in [-0.39, 0.29) is 5.15 Å². The molecule has 0 saturated heterocycles. The molecule has 0 saturated carbocycles. The van der Waals surface area contributed by atoms with Crippen molar-refractivity contribution < 1.29 is 0 Å². The van der Waals surface area contributed by atoms with Gasteiger partial charge in [0, 0.05) is 12.7 Å². The number of rotatable bonds is 1. The summed E-state index contributed by atoms with van der Waals surface area (Å²) in [4.78, 5) is 11.8. The number of aromatic nitrogens is 5. The van der Waals surface area contributed by atoms with Crippen LogP contribution in [0.15, 0.2) is 6.07 Å². The molecule has 5 nitrogen and oxygen atoms in total. The van der Waals surface area contributed by atoms with Crippen LogP contribution in [0.1, 0.15) is 11.4 Å². The minimum Gasteiger partial charge on any atom is -0.336 e. The summed E-state index contributed by atoms with van der Waals surface area (Å²) in [6, 6.07) is 1.73. The van der Waals surface area contributed by atoms with E-state index in [4.69, 9.17) is 23.2 Å². The molecule has 0 aromatic carbocycles. The standard InChI is InChI=1S/C12H11Cl2N5/c1-5-9(6(2)19(3)18-5)12-15-8-4-7(13)10(14)16-11(8)17-12/h4H,1-3H3,(H,15,16,17). The summed E-state index contributed by atoms with van der Waals surface area (Å²) in [6.07, 6.45) is 0. The quantitative estimate of drug-likeness (QED) is 0.701. The molecule has 0 aliphatic rings. The maximum absolute atomic E-state index is 5.95. The van der Waals surface area contributed by atoms with Crippen molar-refractivity contribution in [3.63, 3.8) is 0 Å². The number of fused-ring (bicyclic) bond motifs is 1. The summed E-state index contributed by atoms with van der Waals surface area (Å²) in [6.45, 7) is 3.94. The van der Waals surface area contributed by atoms with Gasteiger partial charge in [-0.25, -0.2) is 9.97 Å². The maximum atomic E-state index is 5.95. The number of pyridine rings is 1. The number of hydrogen-bond acceptors (Lipinski definition) is 3. The minimum atomic E-state index is 0.256. The second kappa shape index (κ2) is 4.21. The van der Waals surface area contributed by atoms with E-state index >= 15 is 0 Å². The van der Waals surface area contributed by atoms with Gasteiger partial charge < -0.3 is 4.98 Å². The zero-order valence-corrected chi connectivity index (χ0v) is 12.1. The molecule has 0 aliphatic carbocycles. The van der Waals surface area contributed by atoms with E-state index in [1.165, 1.54) is 0 Å². The van der Waals surface area contributed by atoms with Gasteiger partial charge in [-0.15, -0.1) is 0 Å². The fourth-order valence-electron chi connectivity index (χ4n) is 2.13. The van der Waals surface area contributed by atoms with Gasteiger partial charge in [0.25, 0.3) is 0 Å². The van der Waals surface area contributed by atoms with Crippen molar-refractivity contribution in [2.24, 2.45) is 7.05 Å². The Morgan fingerprint density at radius 3 is 2.58 bits per heavy atom. The minimum absolute atomic E-state index is 0.256. The molecule has 3 aromatic heterocycles. The Morgan fingerprint density at radius 1 is 1.21 bits per heavy atom. The second-order valence-electron chi connectivity index (χ2n) is 4.39. The van der Waals surface area contributed by atoms with Crippen LogP contribution in [-0.4, -0.2) is 24.7 Å². The number of aryl methyl sites for hydroxylation is 2. The van der Waals surface area contributed by atoms with Crippen LogP contribution in [0.2, 0.25) is 10.2 Å². The zero-order chi connectivity index (χ0) is 13.7. The fraction of sp³-hybridized carbons (Fsp3) is 0.250. The first kappa shape index (κ1) is 12.4. The Hall–Kier alpha value is -1.59. The molecule has 1 N–H and O–H groups in total. The fourth-order valence-corrected chi connectivity index (χ4v) is 2.42. The Bertz CT molecular complexity index is 748. The van der Waals surface area contributed by atoms with Gasteiger partial charge in [0.15, 0.2) is 5.65 Å². The number of halogens is 2. The van der Waals surface area contributed by atoms with Crippen LogP contribution >= 0.6 is 23.2 Å². The molecule has 0 bridgehead atoms. The third-order valence-corrected chi connectivity index (χ3v) is 3.80. The van der Waals surface area contributed by atoms with Crippen molar-refractivity contribution in [3.8, 4) is 11.4 Å². The molecule has 0 atom stereocenters. The van der Waals surface area contributed by atoms with Crippen LogP contribution in [0.3, 0.4) is 0 Å². The molecule has 0 aliphatic heterocycles. The first-order valence-electron chi connectivity index (χ1n) is 5.69. The second-order valence-corrected chi connectivity index (χ2v) is 5.15. The Morgan fingerprint density at radius 2 is 1.95 bits per heavy atom. The molecule has 3 aromatic rings. The lowest BCUT2D eigenvalue weighted by Crippen LogP contribution is -1.92. The van der Waals surface area contributed by atoms with E-state index in [0.717, 1.165) is 28.3 Å². The van der Waals surface area contributed by atoms with E-state index < -0.39 is 0 Å². The van der Waals surface area contributed by atoms with Crippen molar-refractivity contribution in [2.45, 2.75) is 13.8 Å². The molecule has 3 rings (SSSR count). The van der Waals surface area contributed by atoms with E-state index in [0.29, 0.717) is 10.7 Å². The van der Waals surface area contributed by atoms with Crippen LogP contribution < -0.4 is 0 Å². The molecular weight excluding hydrogens is 285 g/mol. The summed E-state index contributed by atoms with van der Waals surface area (Å²) in [5.41, 5.74) is 4.23. The number of nitrogens with zero attached hydrogens (tertiary/aromatic N) is 4. The highest BCUT2D eigenvalue weighted by Gasteiger charge is 2.16. The SMILES string of the molecule is Cc1nn(C)c(C)c1-c1nc2nc(Cl)c(Cl)cc2[nH]1. The predicted octanol–water partition coefficient (Wildman–Crippen LogP) is 3.28. The first-order valence-corrected chi connectivity index (χ1v) is 6.45. The molecule has 7 heteroatoms. The molecule has 0 unspecified atom stereocenters. The molecule has 0 spiro atoms. The van der Waals surface area contributed by atoms with Gasteiger partial charge in [-0.05, 0) is 19.9 Å². The van der Waals surface area contributed by atoms with Crippen LogP contribution in [0.25, 0.3) is 22.6 Å². The van der Waals surface area contributed by atoms with Crippen LogP contribution in [0, 0.1) is 13.8 Å². The summed E-state index contributed by atoms with van der Waals surface area (Å²) in [5, 5.41) is 5.04. The third-order valence-electron chi connectivity index (χ3n) is 3.13. The lowest BCUT2D eigenvalue weighted by Gasteiger charge is -1.96. The van der Waals surface area contributed by atoms with Crippen molar-refractivity contribution in [2.75, 3.05) is 0 Å². The Kier molecular flexibility index (Phi) is 2.76. The topological polar surface area (TPSA) is 59.4 Å². The van der Waals surface area contributed by atoms with E-state index in [1.807, 2.05) is 25.6 Å². The molecular formula is C12H11Cl2N5. The van der Waals surface area contributed by atoms with Gasteiger partial charge in [-0.2, -0.15) is 5.10 Å². The Labute approximate surface area is 119 Å². The van der Waals surface area contributed by atoms with Crippen LogP contribution in [0.4, 0.5) is 0 Å². The normalized spacial score (nSPS) is 11.4. The van der Waals surface area contributed by atoms with Gasteiger partial charge in [-0.3, -0.25) is 4.68 Å². The highest BCUT2D eigenvalue weighted by molar-refractivity contribution is 6.41. The van der Waals surface area contributed by atoms with E-state index in [2.05, 4.69) is 20.1 Å². The molecule has 98 valence electrons. The number of nitrogens with one attached hydrogen (secondary N) is 1. The zero-order valence-electron chi connectivity index (χ0n) is 10.6. The van der Waals surface area contributed by atoms with Crippen LogP contribution in [-0.2, 0) is 7.05 Å². The van der Waals surface area contributed by atoms with Crippen molar-refractivity contribution in [1.29, 1.82) is 0 Å². The monoisotopic (exact) mass is 295 g/mol. The summed E-state index contributed by atoms with van der Waals surface area (Å²) in [5.74, 6) is 0.726. The average molecular weight is 296 g/mol. The maximum Gasteiger partial charge on any atom is 0.179 e. The molecule has 0 radical (unpaired) electrons. The first-order chi connectivity index (χ1) is 8.97. The molecule has 19 heavy (non-hydrogen) atoms. The smallest absolute Gasteiger partial charge is 0.179 e. The van der Waals surface area contributed by atoms with Gasteiger partial charge in [-0.1, -0.05) is 23.2 Å². The van der Waals surface area contributed by atoms with E-state index in [1.54, 1.807) is 6.07 Å². The lowest BCUT2D eigenvalue weighted by molar-refractivity contribution is 0.731. The van der Waals surface area contributed by atoms with Gasteiger partial charge in [0.2, 0.25) is 0 Å². The van der Waals surface area contributed by atoms with Gasteiger partial charge in [0.05, 0.1) is 21.8 Å². The number of aromatic amines is 1. The average Bonchev–Trinajstić information content (AvgIpc) is 2.82. The van der Waals surface area contributed by atoms with Crippen molar-refractivity contribution in [3.05, 3.63) is 27.6 Å². The molecule has 0 amide bonds. The lowest BCUT2D eigenvalue weighted by atomic mass is 10.2. The highest BCUT2D eigenvalue weighted by atomic mass is 35.5. The number of hydrogen-bond donors (Lipinski definition) is 1. The summed E-state index contributed by atoms with van der Waals surface area (Å²) in [7, 11) is 1.90.